The number of nitrogens with zero attached hydrogens (tertiary/aromatic N) is 6. The molecule has 4 rings (SSSR count). The summed E-state index contributed by atoms with van der Waals surface area (Å²) < 4.78 is 8.02. The van der Waals surface area contributed by atoms with Gasteiger partial charge in [0.2, 0.25) is 5.95 Å². The number of piperidine rings is 1. The summed E-state index contributed by atoms with van der Waals surface area (Å²) in [4.78, 5) is 11.6. The number of nitrogens with one attached hydrogen (secondary N) is 1. The van der Waals surface area contributed by atoms with Crippen LogP contribution in [0.2, 0.25) is 0 Å². The van der Waals surface area contributed by atoms with Crippen molar-refractivity contribution in [2.75, 3.05) is 29.9 Å². The second-order valence-electron chi connectivity index (χ2n) is 8.30. The van der Waals surface area contributed by atoms with Crippen LogP contribution in [0, 0.1) is 5.92 Å². The van der Waals surface area contributed by atoms with Gasteiger partial charge in [0, 0.05) is 38.9 Å². The summed E-state index contributed by atoms with van der Waals surface area (Å²) in [6.07, 6.45) is 8.27. The Morgan fingerprint density at radius 3 is 2.93 bits per heavy atom. The molecule has 4 heterocycles. The summed E-state index contributed by atoms with van der Waals surface area (Å²) in [7, 11) is 2.01. The number of hydrogen-bond acceptors (Lipinski definition) is 7. The van der Waals surface area contributed by atoms with Gasteiger partial charge in [-0.05, 0) is 37.7 Å². The Hall–Kier alpha value is -2.22. The van der Waals surface area contributed by atoms with Crippen molar-refractivity contribution in [3.05, 3.63) is 24.4 Å². The van der Waals surface area contributed by atoms with Gasteiger partial charge in [0.15, 0.2) is 0 Å². The van der Waals surface area contributed by atoms with E-state index in [4.69, 9.17) is 9.72 Å². The normalized spacial score (nSPS) is 25.9. The van der Waals surface area contributed by atoms with E-state index in [0.29, 0.717) is 17.9 Å². The van der Waals surface area contributed by atoms with Crippen LogP contribution >= 0.6 is 0 Å². The third kappa shape index (κ3) is 4.11. The summed E-state index contributed by atoms with van der Waals surface area (Å²) >= 11 is 0. The lowest BCUT2D eigenvalue weighted by Crippen LogP contribution is -2.43. The summed E-state index contributed by atoms with van der Waals surface area (Å²) in [5.74, 6) is 3.55. The van der Waals surface area contributed by atoms with Crippen molar-refractivity contribution in [3.8, 4) is 0 Å². The minimum absolute atomic E-state index is 0.224. The molecule has 2 fully saturated rings. The summed E-state index contributed by atoms with van der Waals surface area (Å²) in [5.41, 5.74) is 0. The van der Waals surface area contributed by atoms with Crippen LogP contribution in [-0.4, -0.2) is 56.6 Å². The van der Waals surface area contributed by atoms with Gasteiger partial charge in [-0.15, -0.1) is 10.2 Å². The van der Waals surface area contributed by atoms with Crippen molar-refractivity contribution in [2.24, 2.45) is 13.0 Å². The Bertz CT molecular complexity index is 777. The molecule has 8 heteroatoms. The number of anilines is 2. The second-order valence-corrected chi connectivity index (χ2v) is 8.30. The van der Waals surface area contributed by atoms with Crippen LogP contribution in [0.1, 0.15) is 51.3 Å². The van der Waals surface area contributed by atoms with Crippen LogP contribution in [-0.2, 0) is 11.8 Å². The quantitative estimate of drug-likeness (QED) is 0.847. The number of hydrogen-bond donors (Lipinski definition) is 1. The maximum Gasteiger partial charge on any atom is 0.227 e. The topological polar surface area (TPSA) is 81.0 Å². The molecule has 0 aliphatic carbocycles. The zero-order chi connectivity index (χ0) is 19.5. The Morgan fingerprint density at radius 2 is 2.14 bits per heavy atom. The van der Waals surface area contributed by atoms with Gasteiger partial charge < -0.3 is 19.5 Å². The van der Waals surface area contributed by atoms with Gasteiger partial charge in [-0.2, -0.15) is 4.98 Å². The highest BCUT2D eigenvalue weighted by atomic mass is 16.5. The fourth-order valence-corrected chi connectivity index (χ4v) is 4.42. The first-order valence-corrected chi connectivity index (χ1v) is 10.4. The standard InChI is InChI=1S/C20H31N7O/c1-14(2)18-16(7-5-11-28-18)23-17-8-9-21-20(24-17)27-10-4-6-15(12-27)19-25-22-13-26(19)3/h8-9,13-16,18H,4-7,10-12H2,1-3H3,(H,21,23,24)/t15-,16+,18-/m0/s1. The second kappa shape index (κ2) is 8.43. The van der Waals surface area contributed by atoms with E-state index < -0.39 is 0 Å². The van der Waals surface area contributed by atoms with E-state index in [9.17, 15) is 0 Å². The first-order chi connectivity index (χ1) is 13.6. The molecule has 3 atom stereocenters. The van der Waals surface area contributed by atoms with E-state index in [1.54, 1.807) is 6.33 Å². The summed E-state index contributed by atoms with van der Waals surface area (Å²) in [6.45, 7) is 7.14. The number of aromatic nitrogens is 5. The number of ether oxygens (including phenoxy) is 1. The molecule has 1 N–H and O–H groups in total. The minimum Gasteiger partial charge on any atom is -0.376 e. The first-order valence-electron chi connectivity index (χ1n) is 10.4. The van der Waals surface area contributed by atoms with Crippen molar-refractivity contribution in [2.45, 2.75) is 57.6 Å². The zero-order valence-corrected chi connectivity index (χ0v) is 17.1. The Kier molecular flexibility index (Phi) is 5.75. The molecule has 2 aromatic heterocycles. The van der Waals surface area contributed by atoms with E-state index in [-0.39, 0.29) is 6.10 Å². The molecule has 2 aromatic rings. The van der Waals surface area contributed by atoms with Crippen molar-refractivity contribution in [1.29, 1.82) is 0 Å². The molecule has 8 nitrogen and oxygen atoms in total. The van der Waals surface area contributed by atoms with Gasteiger partial charge in [0.05, 0.1) is 12.1 Å². The Labute approximate surface area is 166 Å². The van der Waals surface area contributed by atoms with Crippen LogP contribution in [0.3, 0.4) is 0 Å². The fraction of sp³-hybridized carbons (Fsp3) is 0.700. The molecule has 0 aromatic carbocycles. The molecule has 2 saturated heterocycles. The smallest absolute Gasteiger partial charge is 0.227 e. The molecular weight excluding hydrogens is 354 g/mol. The minimum atomic E-state index is 0.224. The maximum atomic E-state index is 6.01. The molecule has 0 spiro atoms. The molecular formula is C20H31N7O. The van der Waals surface area contributed by atoms with Gasteiger partial charge >= 0.3 is 0 Å². The predicted molar refractivity (Wildman–Crippen MR) is 108 cm³/mol. The van der Waals surface area contributed by atoms with Crippen molar-refractivity contribution < 1.29 is 4.74 Å². The van der Waals surface area contributed by atoms with E-state index in [1.807, 2.05) is 23.9 Å². The van der Waals surface area contributed by atoms with Gasteiger partial charge in [-0.25, -0.2) is 4.98 Å². The SMILES string of the molecule is CC(C)[C@@H]1OCCC[C@H]1Nc1ccnc(N2CCC[C@H](c3nncn3C)C2)n1. The monoisotopic (exact) mass is 385 g/mol. The van der Waals surface area contributed by atoms with E-state index in [2.05, 4.69) is 39.2 Å². The summed E-state index contributed by atoms with van der Waals surface area (Å²) in [6, 6.07) is 2.25. The van der Waals surface area contributed by atoms with E-state index in [0.717, 1.165) is 63.0 Å². The van der Waals surface area contributed by atoms with Gasteiger partial charge in [-0.1, -0.05) is 13.8 Å². The van der Waals surface area contributed by atoms with Gasteiger partial charge in [0.25, 0.3) is 0 Å². The highest BCUT2D eigenvalue weighted by Gasteiger charge is 2.29. The van der Waals surface area contributed by atoms with Crippen LogP contribution in [0.4, 0.5) is 11.8 Å². The lowest BCUT2D eigenvalue weighted by Gasteiger charge is -2.35. The molecule has 0 amide bonds. The molecule has 0 saturated carbocycles. The van der Waals surface area contributed by atoms with Crippen LogP contribution < -0.4 is 10.2 Å². The van der Waals surface area contributed by atoms with E-state index in [1.165, 1.54) is 0 Å². The fourth-order valence-electron chi connectivity index (χ4n) is 4.42. The Morgan fingerprint density at radius 1 is 1.25 bits per heavy atom. The van der Waals surface area contributed by atoms with Crippen LogP contribution in [0.5, 0.6) is 0 Å². The van der Waals surface area contributed by atoms with Crippen molar-refractivity contribution >= 4 is 11.8 Å². The lowest BCUT2D eigenvalue weighted by atomic mass is 9.94. The predicted octanol–water partition coefficient (Wildman–Crippen LogP) is 2.60. The van der Waals surface area contributed by atoms with Crippen LogP contribution in [0.25, 0.3) is 0 Å². The highest BCUT2D eigenvalue weighted by molar-refractivity contribution is 5.43. The third-order valence-corrected chi connectivity index (χ3v) is 5.82. The maximum absolute atomic E-state index is 6.01. The van der Waals surface area contributed by atoms with Gasteiger partial charge in [0.1, 0.15) is 18.0 Å². The van der Waals surface area contributed by atoms with E-state index >= 15 is 0 Å². The molecule has 0 radical (unpaired) electrons. The molecule has 152 valence electrons. The molecule has 28 heavy (non-hydrogen) atoms. The highest BCUT2D eigenvalue weighted by Crippen LogP contribution is 2.28. The third-order valence-electron chi connectivity index (χ3n) is 5.82. The number of rotatable bonds is 5. The summed E-state index contributed by atoms with van der Waals surface area (Å²) in [5, 5.41) is 12.0. The molecule has 0 unspecified atom stereocenters. The molecule has 2 aliphatic heterocycles. The number of aryl methyl sites for hydroxylation is 1. The first kappa shape index (κ1) is 19.1. The average Bonchev–Trinajstić information content (AvgIpc) is 3.14. The average molecular weight is 386 g/mol. The lowest BCUT2D eigenvalue weighted by molar-refractivity contribution is -0.0203. The van der Waals surface area contributed by atoms with Crippen molar-refractivity contribution in [3.63, 3.8) is 0 Å². The molecule has 2 aliphatic rings. The van der Waals surface area contributed by atoms with Crippen molar-refractivity contribution in [1.82, 2.24) is 24.7 Å². The Balaban J connectivity index is 1.46. The largest absolute Gasteiger partial charge is 0.376 e. The van der Waals surface area contributed by atoms with Gasteiger partial charge in [-0.3, -0.25) is 0 Å². The van der Waals surface area contributed by atoms with Crippen LogP contribution in [0.15, 0.2) is 18.6 Å². The molecule has 0 bridgehead atoms. The zero-order valence-electron chi connectivity index (χ0n) is 17.1.